The zero-order valence-corrected chi connectivity index (χ0v) is 19.4. The molecule has 0 radical (unpaired) electrons. The van der Waals surface area contributed by atoms with E-state index in [1.165, 1.54) is 26.0 Å². The van der Waals surface area contributed by atoms with Gasteiger partial charge in [0.2, 0.25) is 0 Å². The van der Waals surface area contributed by atoms with Gasteiger partial charge in [-0.2, -0.15) is 8.78 Å². The van der Waals surface area contributed by atoms with Crippen LogP contribution in [0.3, 0.4) is 0 Å². The molecule has 0 amide bonds. The third kappa shape index (κ3) is 5.28. The molecule has 0 fully saturated rings. The summed E-state index contributed by atoms with van der Waals surface area (Å²) in [6, 6.07) is 5.99. The maximum Gasteiger partial charge on any atom is 0.387 e. The fourth-order valence-corrected chi connectivity index (χ4v) is 3.91. The van der Waals surface area contributed by atoms with Crippen LogP contribution in [0.15, 0.2) is 24.3 Å². The SMILES string of the molecule is CCc1nc2c(F)c(C)cc(OC(C)C(=O)O)c2c(OC(F)F)c1Cc1ccc(Cl)cc1Cl. The zero-order chi connectivity index (χ0) is 24.4. The number of pyridine rings is 1. The molecule has 0 saturated carbocycles. The van der Waals surface area contributed by atoms with Gasteiger partial charge in [-0.15, -0.1) is 0 Å². The molecule has 3 rings (SSSR count). The second-order valence-electron chi connectivity index (χ2n) is 7.34. The van der Waals surface area contributed by atoms with Gasteiger partial charge < -0.3 is 14.6 Å². The largest absolute Gasteiger partial charge is 0.479 e. The van der Waals surface area contributed by atoms with Crippen molar-refractivity contribution in [1.82, 2.24) is 4.98 Å². The van der Waals surface area contributed by atoms with Crippen LogP contribution in [0.25, 0.3) is 10.9 Å². The second kappa shape index (κ2) is 10.1. The molecule has 1 heterocycles. The highest BCUT2D eigenvalue weighted by atomic mass is 35.5. The van der Waals surface area contributed by atoms with Crippen LogP contribution in [0.4, 0.5) is 13.2 Å². The van der Waals surface area contributed by atoms with Crippen molar-refractivity contribution in [2.45, 2.75) is 46.3 Å². The maximum absolute atomic E-state index is 15.1. The van der Waals surface area contributed by atoms with Crippen molar-refractivity contribution in [2.24, 2.45) is 0 Å². The Labute approximate surface area is 198 Å². The quantitative estimate of drug-likeness (QED) is 0.376. The number of halogens is 5. The second-order valence-corrected chi connectivity index (χ2v) is 8.18. The van der Waals surface area contributed by atoms with Crippen LogP contribution in [-0.2, 0) is 17.6 Å². The first-order valence-electron chi connectivity index (χ1n) is 9.96. The number of rotatable bonds is 8. The van der Waals surface area contributed by atoms with Crippen molar-refractivity contribution >= 4 is 40.1 Å². The van der Waals surface area contributed by atoms with Crippen molar-refractivity contribution in [2.75, 3.05) is 0 Å². The summed E-state index contributed by atoms with van der Waals surface area (Å²) < 4.78 is 52.5. The van der Waals surface area contributed by atoms with E-state index in [0.29, 0.717) is 21.3 Å². The molecule has 0 aliphatic rings. The third-order valence-electron chi connectivity index (χ3n) is 5.06. The molecule has 0 saturated heterocycles. The Balaban J connectivity index is 2.37. The summed E-state index contributed by atoms with van der Waals surface area (Å²) in [6.45, 7) is 1.21. The van der Waals surface area contributed by atoms with E-state index in [0.717, 1.165) is 0 Å². The average Bonchev–Trinajstić information content (AvgIpc) is 2.73. The molecule has 0 aliphatic heterocycles. The third-order valence-corrected chi connectivity index (χ3v) is 5.64. The molecule has 1 atom stereocenters. The molecule has 0 spiro atoms. The summed E-state index contributed by atoms with van der Waals surface area (Å²) in [5.74, 6) is -2.50. The van der Waals surface area contributed by atoms with Crippen molar-refractivity contribution in [3.05, 3.63) is 62.5 Å². The molecule has 5 nitrogen and oxygen atoms in total. The van der Waals surface area contributed by atoms with Crippen LogP contribution in [-0.4, -0.2) is 28.8 Å². The van der Waals surface area contributed by atoms with E-state index in [2.05, 4.69) is 4.98 Å². The molecule has 1 aromatic heterocycles. The Hall–Kier alpha value is -2.71. The molecule has 176 valence electrons. The fraction of sp³-hybridized carbons (Fsp3) is 0.304. The minimum Gasteiger partial charge on any atom is -0.479 e. The molecule has 1 N–H and O–H groups in total. The zero-order valence-electron chi connectivity index (χ0n) is 17.9. The van der Waals surface area contributed by atoms with Crippen LogP contribution < -0.4 is 9.47 Å². The van der Waals surface area contributed by atoms with Gasteiger partial charge in [0.15, 0.2) is 11.9 Å². The van der Waals surface area contributed by atoms with E-state index in [1.54, 1.807) is 19.1 Å². The lowest BCUT2D eigenvalue weighted by Gasteiger charge is -2.21. The summed E-state index contributed by atoms with van der Waals surface area (Å²) in [7, 11) is 0. The molecular formula is C23H20Cl2F3NO4. The van der Waals surface area contributed by atoms with Crippen LogP contribution in [0.1, 0.15) is 36.2 Å². The van der Waals surface area contributed by atoms with Gasteiger partial charge in [0, 0.05) is 27.7 Å². The molecule has 3 aromatic rings. The lowest BCUT2D eigenvalue weighted by molar-refractivity contribution is -0.144. The van der Waals surface area contributed by atoms with E-state index in [-0.39, 0.29) is 46.4 Å². The summed E-state index contributed by atoms with van der Waals surface area (Å²) in [4.78, 5) is 15.7. The van der Waals surface area contributed by atoms with Gasteiger partial charge in [-0.1, -0.05) is 36.2 Å². The van der Waals surface area contributed by atoms with E-state index >= 15 is 4.39 Å². The van der Waals surface area contributed by atoms with Crippen LogP contribution in [0, 0.1) is 12.7 Å². The molecule has 0 bridgehead atoms. The van der Waals surface area contributed by atoms with E-state index < -0.39 is 24.5 Å². The fourth-order valence-electron chi connectivity index (χ4n) is 3.44. The Morgan fingerprint density at radius 1 is 1.21 bits per heavy atom. The average molecular weight is 502 g/mol. The van der Waals surface area contributed by atoms with Crippen LogP contribution >= 0.6 is 23.2 Å². The molecular weight excluding hydrogens is 482 g/mol. The summed E-state index contributed by atoms with van der Waals surface area (Å²) in [6.07, 6.45) is -1.02. The summed E-state index contributed by atoms with van der Waals surface area (Å²) >= 11 is 12.2. The van der Waals surface area contributed by atoms with Crippen molar-refractivity contribution in [3.8, 4) is 11.5 Å². The van der Waals surface area contributed by atoms with Gasteiger partial charge >= 0.3 is 12.6 Å². The van der Waals surface area contributed by atoms with Gasteiger partial charge in [0.05, 0.1) is 5.39 Å². The number of aryl methyl sites for hydroxylation is 2. The summed E-state index contributed by atoms with van der Waals surface area (Å²) in [5, 5.41) is 9.77. The van der Waals surface area contributed by atoms with Gasteiger partial charge in [-0.05, 0) is 49.6 Å². The minimum absolute atomic E-state index is 0.0353. The number of hydrogen-bond acceptors (Lipinski definition) is 4. The summed E-state index contributed by atoms with van der Waals surface area (Å²) in [5.41, 5.74) is 1.00. The van der Waals surface area contributed by atoms with Gasteiger partial charge in [-0.25, -0.2) is 14.2 Å². The Morgan fingerprint density at radius 2 is 1.91 bits per heavy atom. The van der Waals surface area contributed by atoms with Gasteiger partial charge in [0.25, 0.3) is 0 Å². The number of fused-ring (bicyclic) bond motifs is 1. The molecule has 0 aliphatic carbocycles. The van der Waals surface area contributed by atoms with Crippen LogP contribution in [0.2, 0.25) is 10.0 Å². The number of benzene rings is 2. The van der Waals surface area contributed by atoms with Crippen LogP contribution in [0.5, 0.6) is 11.5 Å². The number of carbonyl (C=O) groups is 1. The number of alkyl halides is 2. The normalized spacial score (nSPS) is 12.3. The number of carboxylic acid groups (broad SMARTS) is 1. The smallest absolute Gasteiger partial charge is 0.387 e. The Kier molecular flexibility index (Phi) is 7.59. The van der Waals surface area contributed by atoms with Crippen molar-refractivity contribution in [1.29, 1.82) is 0 Å². The topological polar surface area (TPSA) is 68.7 Å². The van der Waals surface area contributed by atoms with Crippen molar-refractivity contribution < 1.29 is 32.5 Å². The Morgan fingerprint density at radius 3 is 2.48 bits per heavy atom. The van der Waals surface area contributed by atoms with Gasteiger partial charge in [0.1, 0.15) is 17.0 Å². The lowest BCUT2D eigenvalue weighted by atomic mass is 9.97. The number of ether oxygens (including phenoxy) is 2. The molecule has 1 unspecified atom stereocenters. The number of nitrogens with zero attached hydrogens (tertiary/aromatic N) is 1. The highest BCUT2D eigenvalue weighted by Crippen LogP contribution is 2.42. The number of aliphatic carboxylic acids is 1. The Bertz CT molecular complexity index is 1220. The predicted octanol–water partition coefficient (Wildman–Crippen LogP) is 6.60. The first-order valence-corrected chi connectivity index (χ1v) is 10.7. The van der Waals surface area contributed by atoms with E-state index in [9.17, 15) is 18.7 Å². The first kappa shape index (κ1) is 24.9. The van der Waals surface area contributed by atoms with E-state index in [1.807, 2.05) is 0 Å². The van der Waals surface area contributed by atoms with Gasteiger partial charge in [-0.3, -0.25) is 0 Å². The van der Waals surface area contributed by atoms with Crippen molar-refractivity contribution in [3.63, 3.8) is 0 Å². The first-order chi connectivity index (χ1) is 15.5. The van der Waals surface area contributed by atoms with E-state index in [4.69, 9.17) is 32.7 Å². The maximum atomic E-state index is 15.1. The number of hydrogen-bond donors (Lipinski definition) is 1. The highest BCUT2D eigenvalue weighted by Gasteiger charge is 2.27. The number of aromatic nitrogens is 1. The minimum atomic E-state index is -3.24. The highest BCUT2D eigenvalue weighted by molar-refractivity contribution is 6.35. The molecule has 2 aromatic carbocycles. The molecule has 33 heavy (non-hydrogen) atoms. The standard InChI is InChI=1S/C23H20Cl2F3NO4/c1-4-16-14(8-12-5-6-13(24)9-15(12)25)21(33-23(27)28)18-17(32-11(3)22(30)31)7-10(2)19(26)20(18)29-16/h5-7,9,11,23H,4,8H2,1-3H3,(H,30,31). The monoisotopic (exact) mass is 501 g/mol. The lowest BCUT2D eigenvalue weighted by Crippen LogP contribution is -2.23. The predicted molar refractivity (Wildman–Crippen MR) is 119 cm³/mol. The number of carboxylic acids is 1. The molecule has 10 heteroatoms.